The number of halogens is 1. The third-order valence-electron chi connectivity index (χ3n) is 9.25. The van der Waals surface area contributed by atoms with Crippen LogP contribution in [0.5, 0.6) is 0 Å². The number of hydrogen-bond acceptors (Lipinski definition) is 3. The molecule has 2 aromatic rings. The van der Waals surface area contributed by atoms with Gasteiger partial charge in [0.25, 0.3) is 5.91 Å². The highest BCUT2D eigenvalue weighted by molar-refractivity contribution is 5.98. The van der Waals surface area contributed by atoms with Crippen LogP contribution in [0.4, 0.5) is 10.1 Å². The van der Waals surface area contributed by atoms with Crippen molar-refractivity contribution in [3.63, 3.8) is 0 Å². The summed E-state index contributed by atoms with van der Waals surface area (Å²) in [5.74, 6) is -0.534. The molecule has 0 spiro atoms. The van der Waals surface area contributed by atoms with Crippen molar-refractivity contribution >= 4 is 17.5 Å². The second-order valence-electron chi connectivity index (χ2n) is 14.1. The molecule has 1 saturated heterocycles. The molecule has 0 bridgehead atoms. The largest absolute Gasteiger partial charge is 0.390 e. The maximum atomic E-state index is 15.0. The third kappa shape index (κ3) is 7.77. The number of rotatable bonds is 7. The van der Waals surface area contributed by atoms with Crippen LogP contribution >= 0.6 is 0 Å². The van der Waals surface area contributed by atoms with E-state index in [-0.39, 0.29) is 40.7 Å². The molecule has 1 unspecified atom stereocenters. The van der Waals surface area contributed by atoms with Crippen LogP contribution in [0.2, 0.25) is 0 Å². The Morgan fingerprint density at radius 3 is 2.32 bits per heavy atom. The normalized spacial score (nSPS) is 23.8. The summed E-state index contributed by atoms with van der Waals surface area (Å²) >= 11 is 0. The van der Waals surface area contributed by atoms with Gasteiger partial charge in [-0.25, -0.2) is 4.39 Å². The van der Waals surface area contributed by atoms with Gasteiger partial charge in [-0.3, -0.25) is 9.59 Å². The molecule has 0 aromatic heterocycles. The van der Waals surface area contributed by atoms with Gasteiger partial charge in [-0.1, -0.05) is 57.9 Å². The van der Waals surface area contributed by atoms with Crippen LogP contribution in [-0.2, 0) is 10.2 Å². The van der Waals surface area contributed by atoms with Crippen LogP contribution < -0.4 is 5.32 Å². The average molecular weight is 565 g/mol. The number of aliphatic hydroxyl groups is 1. The molecule has 4 rings (SSSR count). The Kier molecular flexibility index (Phi) is 9.63. The van der Waals surface area contributed by atoms with Crippen LogP contribution in [0.3, 0.4) is 0 Å². The zero-order chi connectivity index (χ0) is 29.9. The molecule has 0 radical (unpaired) electrons. The van der Waals surface area contributed by atoms with Crippen LogP contribution in [-0.4, -0.2) is 40.0 Å². The van der Waals surface area contributed by atoms with Crippen molar-refractivity contribution in [2.75, 3.05) is 11.9 Å². The molecular weight excluding hydrogens is 515 g/mol. The lowest BCUT2D eigenvalue weighted by atomic mass is 9.70. The molecule has 224 valence electrons. The van der Waals surface area contributed by atoms with Crippen molar-refractivity contribution in [3.8, 4) is 0 Å². The molecule has 5 nitrogen and oxygen atoms in total. The van der Waals surface area contributed by atoms with Crippen molar-refractivity contribution in [2.45, 2.75) is 110 Å². The molecule has 1 saturated carbocycles. The molecule has 2 aliphatic rings. The number of aryl methyl sites for hydroxylation is 1. The molecular formula is C35H49FN2O3. The minimum Gasteiger partial charge on any atom is -0.390 e. The topological polar surface area (TPSA) is 69.6 Å². The summed E-state index contributed by atoms with van der Waals surface area (Å²) in [6, 6.07) is 12.5. The van der Waals surface area contributed by atoms with Crippen molar-refractivity contribution in [2.24, 2.45) is 17.8 Å². The van der Waals surface area contributed by atoms with E-state index in [1.54, 1.807) is 19.1 Å². The number of nitrogens with zero attached hydrogens (tertiary/aromatic N) is 1. The predicted octanol–water partition coefficient (Wildman–Crippen LogP) is 7.65. The standard InChI is InChI=1S/C35H49FN2O3/c1-23-10-7-14-29(36)30(23)33(40)38-21-9-13-28(32(39)37-27-12-8-11-26(22-27)34(2,3)4)31(38)25-17-15-24(16-18-25)19-20-35(5,6)41/h7-8,10-12,14,22,24-25,28,31,41H,9,13,15-21H2,1-6H3,(H,37,39)/t24?,25?,28-,31?/m0/s1. The lowest BCUT2D eigenvalue weighted by molar-refractivity contribution is -0.124. The highest BCUT2D eigenvalue weighted by Crippen LogP contribution is 2.41. The quantitative estimate of drug-likeness (QED) is 0.363. The third-order valence-corrected chi connectivity index (χ3v) is 9.25. The van der Waals surface area contributed by atoms with Gasteiger partial charge in [-0.15, -0.1) is 0 Å². The number of piperidine rings is 1. The van der Waals surface area contributed by atoms with Gasteiger partial charge in [0, 0.05) is 18.3 Å². The van der Waals surface area contributed by atoms with E-state index in [4.69, 9.17) is 0 Å². The summed E-state index contributed by atoms with van der Waals surface area (Å²) in [6.07, 6.45) is 7.02. The van der Waals surface area contributed by atoms with E-state index in [0.717, 1.165) is 49.8 Å². The van der Waals surface area contributed by atoms with E-state index in [2.05, 4.69) is 32.2 Å². The summed E-state index contributed by atoms with van der Waals surface area (Å²) in [6.45, 7) is 12.5. The Hall–Kier alpha value is -2.73. The number of carbonyl (C=O) groups is 2. The van der Waals surface area contributed by atoms with Crippen LogP contribution in [0.1, 0.15) is 107 Å². The second-order valence-corrected chi connectivity index (χ2v) is 14.1. The first-order chi connectivity index (χ1) is 19.2. The molecule has 2 N–H and O–H groups in total. The molecule has 41 heavy (non-hydrogen) atoms. The Balaban J connectivity index is 1.60. The van der Waals surface area contributed by atoms with Gasteiger partial charge in [0.1, 0.15) is 5.82 Å². The van der Waals surface area contributed by atoms with E-state index >= 15 is 0 Å². The van der Waals surface area contributed by atoms with Gasteiger partial charge < -0.3 is 15.3 Å². The fourth-order valence-corrected chi connectivity index (χ4v) is 6.85. The Morgan fingerprint density at radius 1 is 1.00 bits per heavy atom. The van der Waals surface area contributed by atoms with Gasteiger partial charge in [0.05, 0.1) is 17.1 Å². The summed E-state index contributed by atoms with van der Waals surface area (Å²) in [7, 11) is 0. The van der Waals surface area contributed by atoms with Crippen LogP contribution in [0.25, 0.3) is 0 Å². The van der Waals surface area contributed by atoms with Crippen molar-refractivity contribution < 1.29 is 19.1 Å². The maximum Gasteiger partial charge on any atom is 0.257 e. The Morgan fingerprint density at radius 2 is 1.68 bits per heavy atom. The number of anilines is 1. The maximum absolute atomic E-state index is 15.0. The van der Waals surface area contributed by atoms with E-state index in [1.807, 2.05) is 36.9 Å². The van der Waals surface area contributed by atoms with Gasteiger partial charge >= 0.3 is 0 Å². The number of likely N-dealkylation sites (tertiary alicyclic amines) is 1. The van der Waals surface area contributed by atoms with Crippen LogP contribution in [0.15, 0.2) is 42.5 Å². The zero-order valence-electron chi connectivity index (χ0n) is 25.8. The highest BCUT2D eigenvalue weighted by Gasteiger charge is 2.44. The minimum absolute atomic E-state index is 0.0428. The van der Waals surface area contributed by atoms with Gasteiger partial charge in [0.15, 0.2) is 0 Å². The lowest BCUT2D eigenvalue weighted by Gasteiger charge is -2.47. The molecule has 2 aromatic carbocycles. The van der Waals surface area contributed by atoms with E-state index < -0.39 is 11.4 Å². The minimum atomic E-state index is -0.672. The summed E-state index contributed by atoms with van der Waals surface area (Å²) in [5.41, 5.74) is 1.94. The van der Waals surface area contributed by atoms with Crippen LogP contribution in [0, 0.1) is 30.5 Å². The zero-order valence-corrected chi connectivity index (χ0v) is 25.8. The predicted molar refractivity (Wildman–Crippen MR) is 163 cm³/mol. The number of benzene rings is 2. The van der Waals surface area contributed by atoms with E-state index in [0.29, 0.717) is 30.9 Å². The summed E-state index contributed by atoms with van der Waals surface area (Å²) < 4.78 is 15.0. The van der Waals surface area contributed by atoms with E-state index in [1.165, 1.54) is 6.07 Å². The van der Waals surface area contributed by atoms with Crippen molar-refractivity contribution in [1.82, 2.24) is 4.90 Å². The Bertz CT molecular complexity index is 1200. The number of hydrogen-bond donors (Lipinski definition) is 2. The fraction of sp³-hybridized carbons (Fsp3) is 0.600. The molecule has 2 amide bonds. The first-order valence-electron chi connectivity index (χ1n) is 15.4. The first kappa shape index (κ1) is 31.2. The molecule has 1 heterocycles. The van der Waals surface area contributed by atoms with Gasteiger partial charge in [-0.2, -0.15) is 0 Å². The molecule has 1 aliphatic carbocycles. The lowest BCUT2D eigenvalue weighted by Crippen LogP contribution is -2.55. The second kappa shape index (κ2) is 12.6. The SMILES string of the molecule is Cc1cccc(F)c1C(=O)N1CCC[C@H](C(=O)Nc2cccc(C(C)(C)C)c2)C1C1CCC(CCC(C)(C)O)CC1. The number of amides is 2. The number of nitrogens with one attached hydrogen (secondary N) is 1. The molecule has 6 heteroatoms. The highest BCUT2D eigenvalue weighted by atomic mass is 19.1. The Labute approximate surface area is 245 Å². The van der Waals surface area contributed by atoms with Gasteiger partial charge in [-0.05, 0) is 106 Å². The van der Waals surface area contributed by atoms with E-state index in [9.17, 15) is 19.1 Å². The average Bonchev–Trinajstić information content (AvgIpc) is 2.91. The smallest absolute Gasteiger partial charge is 0.257 e. The van der Waals surface area contributed by atoms with Crippen molar-refractivity contribution in [1.29, 1.82) is 0 Å². The fourth-order valence-electron chi connectivity index (χ4n) is 6.85. The summed E-state index contributed by atoms with van der Waals surface area (Å²) in [4.78, 5) is 29.8. The molecule has 2 atom stereocenters. The number of carbonyl (C=O) groups excluding carboxylic acids is 2. The summed E-state index contributed by atoms with van der Waals surface area (Å²) in [5, 5.41) is 13.4. The monoisotopic (exact) mass is 564 g/mol. The van der Waals surface area contributed by atoms with Gasteiger partial charge in [0.2, 0.25) is 5.91 Å². The molecule has 2 fully saturated rings. The molecule has 1 aliphatic heterocycles. The van der Waals surface area contributed by atoms with Crippen molar-refractivity contribution in [3.05, 3.63) is 65.0 Å². The first-order valence-corrected chi connectivity index (χ1v) is 15.4.